The van der Waals surface area contributed by atoms with Gasteiger partial charge in [-0.1, -0.05) is 102 Å². The zero-order valence-electron chi connectivity index (χ0n) is 25.7. The van der Waals surface area contributed by atoms with Crippen molar-refractivity contribution in [3.63, 3.8) is 0 Å². The molecule has 0 aliphatic heterocycles. The smallest absolute Gasteiger partial charge is 0.354 e. The van der Waals surface area contributed by atoms with Gasteiger partial charge >= 0.3 is 5.97 Å². The second kappa shape index (κ2) is 18.6. The number of benzene rings is 2. The standard InChI is InChI=1S/C35H47N3O5/c1-3-4-5-6-7-8-9-10-11-12-13-14-15-19-31(39)37-28-22-24-29(25-23-28)38-34(40)33(35(41)42)43-30-18-16-17-27-21-20-26(2)36-32(27)30/h16-18,20-25,33H,3-15,19H2,1-2H3,(H,37,39)(H,38,40)(H,41,42). The van der Waals surface area contributed by atoms with Crippen LogP contribution in [0.3, 0.4) is 0 Å². The first-order valence-electron chi connectivity index (χ1n) is 15.8. The fourth-order valence-corrected chi connectivity index (χ4v) is 5.03. The van der Waals surface area contributed by atoms with E-state index in [1.165, 1.54) is 64.2 Å². The highest BCUT2D eigenvalue weighted by Gasteiger charge is 2.29. The Morgan fingerprint density at radius 3 is 1.88 bits per heavy atom. The number of aryl methyl sites for hydroxylation is 1. The van der Waals surface area contributed by atoms with Gasteiger partial charge in [0.15, 0.2) is 0 Å². The van der Waals surface area contributed by atoms with Crippen LogP contribution in [0, 0.1) is 6.92 Å². The largest absolute Gasteiger partial charge is 0.478 e. The number of pyridine rings is 1. The maximum atomic E-state index is 12.8. The average Bonchev–Trinajstić information content (AvgIpc) is 2.99. The lowest BCUT2D eigenvalue weighted by molar-refractivity contribution is -0.149. The first-order valence-corrected chi connectivity index (χ1v) is 15.8. The van der Waals surface area contributed by atoms with Gasteiger partial charge < -0.3 is 20.5 Å². The van der Waals surface area contributed by atoms with Crippen molar-refractivity contribution >= 4 is 40.1 Å². The van der Waals surface area contributed by atoms with Crippen LogP contribution in [0.1, 0.15) is 103 Å². The third-order valence-electron chi connectivity index (χ3n) is 7.47. The van der Waals surface area contributed by atoms with Crippen LogP contribution < -0.4 is 15.4 Å². The van der Waals surface area contributed by atoms with Gasteiger partial charge in [0.05, 0.1) is 0 Å². The summed E-state index contributed by atoms with van der Waals surface area (Å²) in [6.45, 7) is 4.07. The summed E-state index contributed by atoms with van der Waals surface area (Å²) < 4.78 is 5.62. The molecule has 0 spiro atoms. The summed E-state index contributed by atoms with van der Waals surface area (Å²) in [6, 6.07) is 15.4. The Bertz CT molecular complexity index is 1310. The van der Waals surface area contributed by atoms with E-state index in [1.54, 1.807) is 36.4 Å². The number of hydrogen-bond acceptors (Lipinski definition) is 5. The van der Waals surface area contributed by atoms with E-state index >= 15 is 0 Å². The maximum absolute atomic E-state index is 12.8. The first-order chi connectivity index (χ1) is 20.9. The van der Waals surface area contributed by atoms with Gasteiger partial charge in [0.1, 0.15) is 11.3 Å². The third-order valence-corrected chi connectivity index (χ3v) is 7.47. The zero-order valence-corrected chi connectivity index (χ0v) is 25.7. The molecule has 2 amide bonds. The lowest BCUT2D eigenvalue weighted by atomic mass is 10.0. The number of hydrogen-bond donors (Lipinski definition) is 3. The molecule has 0 aliphatic carbocycles. The minimum absolute atomic E-state index is 0.0434. The fraction of sp³-hybridized carbons (Fsp3) is 0.486. The van der Waals surface area contributed by atoms with Crippen LogP contribution >= 0.6 is 0 Å². The Kier molecular flexibility index (Phi) is 14.5. The number of aliphatic carboxylic acids is 1. The average molecular weight is 590 g/mol. The van der Waals surface area contributed by atoms with Gasteiger partial charge in [-0.3, -0.25) is 9.59 Å². The summed E-state index contributed by atoms with van der Waals surface area (Å²) in [5, 5.41) is 15.9. The van der Waals surface area contributed by atoms with Crippen molar-refractivity contribution in [2.45, 2.75) is 110 Å². The Hall–Kier alpha value is -3.94. The molecule has 3 aromatic rings. The van der Waals surface area contributed by atoms with Crippen LogP contribution in [0.2, 0.25) is 0 Å². The predicted octanol–water partition coefficient (Wildman–Crippen LogP) is 8.43. The number of rotatable bonds is 20. The monoisotopic (exact) mass is 589 g/mol. The second-order valence-corrected chi connectivity index (χ2v) is 11.2. The van der Waals surface area contributed by atoms with Gasteiger partial charge in [0.2, 0.25) is 5.91 Å². The minimum Gasteiger partial charge on any atom is -0.478 e. The van der Waals surface area contributed by atoms with Crippen LogP contribution in [0.4, 0.5) is 11.4 Å². The molecule has 2 aromatic carbocycles. The van der Waals surface area contributed by atoms with Crippen molar-refractivity contribution in [1.29, 1.82) is 0 Å². The number of carboxylic acid groups (broad SMARTS) is 1. The third kappa shape index (κ3) is 12.1. The lowest BCUT2D eigenvalue weighted by Gasteiger charge is -2.16. The van der Waals surface area contributed by atoms with Gasteiger partial charge in [0, 0.05) is 28.9 Å². The molecule has 0 bridgehead atoms. The number of anilines is 2. The van der Waals surface area contributed by atoms with Crippen molar-refractivity contribution in [1.82, 2.24) is 4.98 Å². The Morgan fingerprint density at radius 2 is 1.30 bits per heavy atom. The molecule has 0 saturated heterocycles. The topological polar surface area (TPSA) is 118 Å². The van der Waals surface area contributed by atoms with E-state index in [4.69, 9.17) is 4.74 Å². The van der Waals surface area contributed by atoms with Crippen molar-refractivity contribution < 1.29 is 24.2 Å². The van der Waals surface area contributed by atoms with E-state index < -0.39 is 18.0 Å². The number of carboxylic acids is 1. The van der Waals surface area contributed by atoms with Gasteiger partial charge in [-0.15, -0.1) is 0 Å². The van der Waals surface area contributed by atoms with Crippen LogP contribution in [-0.2, 0) is 14.4 Å². The summed E-state index contributed by atoms with van der Waals surface area (Å²) in [5.41, 5.74) is 2.24. The van der Waals surface area contributed by atoms with Gasteiger partial charge in [-0.25, -0.2) is 9.78 Å². The Morgan fingerprint density at radius 1 is 0.744 bits per heavy atom. The van der Waals surface area contributed by atoms with Crippen molar-refractivity contribution in [2.75, 3.05) is 10.6 Å². The summed E-state index contributed by atoms with van der Waals surface area (Å²) >= 11 is 0. The molecule has 43 heavy (non-hydrogen) atoms. The molecule has 0 fully saturated rings. The lowest BCUT2D eigenvalue weighted by Crippen LogP contribution is -2.39. The number of nitrogens with zero attached hydrogens (tertiary/aromatic N) is 1. The number of nitrogens with one attached hydrogen (secondary N) is 2. The maximum Gasteiger partial charge on any atom is 0.354 e. The number of amides is 2. The highest BCUT2D eigenvalue weighted by molar-refractivity contribution is 6.07. The Balaban J connectivity index is 1.35. The zero-order chi connectivity index (χ0) is 30.9. The Labute approximate surface area is 255 Å². The van der Waals surface area contributed by atoms with E-state index in [-0.39, 0.29) is 11.7 Å². The van der Waals surface area contributed by atoms with Crippen LogP contribution in [0.25, 0.3) is 10.9 Å². The normalized spacial score (nSPS) is 11.7. The molecule has 3 rings (SSSR count). The van der Waals surface area contributed by atoms with Gasteiger partial charge in [-0.2, -0.15) is 0 Å². The molecule has 0 saturated carbocycles. The number of unbranched alkanes of at least 4 members (excludes halogenated alkanes) is 12. The predicted molar refractivity (Wildman–Crippen MR) is 173 cm³/mol. The summed E-state index contributed by atoms with van der Waals surface area (Å²) in [5.74, 6) is -2.07. The summed E-state index contributed by atoms with van der Waals surface area (Å²) in [4.78, 5) is 41.5. The van der Waals surface area contributed by atoms with Gasteiger partial charge in [-0.05, 0) is 49.7 Å². The number of ether oxygens (including phenoxy) is 1. The van der Waals surface area contributed by atoms with Crippen molar-refractivity contribution in [2.24, 2.45) is 0 Å². The molecule has 8 nitrogen and oxygen atoms in total. The van der Waals surface area contributed by atoms with Crippen LogP contribution in [-0.4, -0.2) is 34.0 Å². The number of carbonyl (C=O) groups is 3. The quantitative estimate of drug-likeness (QED) is 0.0899. The minimum atomic E-state index is -1.77. The van der Waals surface area contributed by atoms with E-state index in [2.05, 4.69) is 22.5 Å². The van der Waals surface area contributed by atoms with Crippen molar-refractivity contribution in [3.05, 3.63) is 60.3 Å². The van der Waals surface area contributed by atoms with Crippen LogP contribution in [0.15, 0.2) is 54.6 Å². The molecule has 232 valence electrons. The highest BCUT2D eigenvalue weighted by atomic mass is 16.5. The molecular weight excluding hydrogens is 542 g/mol. The molecule has 8 heteroatoms. The number of aromatic nitrogens is 1. The van der Waals surface area contributed by atoms with E-state index in [0.717, 1.165) is 30.3 Å². The molecule has 1 unspecified atom stereocenters. The molecule has 0 radical (unpaired) electrons. The van der Waals surface area contributed by atoms with Crippen LogP contribution in [0.5, 0.6) is 5.75 Å². The molecular formula is C35H47N3O5. The second-order valence-electron chi connectivity index (χ2n) is 11.2. The summed E-state index contributed by atoms with van der Waals surface area (Å²) in [7, 11) is 0. The summed E-state index contributed by atoms with van der Waals surface area (Å²) in [6.07, 6.45) is 15.1. The fourth-order valence-electron chi connectivity index (χ4n) is 5.03. The van der Waals surface area contributed by atoms with E-state index in [0.29, 0.717) is 23.3 Å². The molecule has 1 heterocycles. The molecule has 0 aliphatic rings. The molecule has 1 aromatic heterocycles. The SMILES string of the molecule is CCCCCCCCCCCCCCCC(=O)Nc1ccc(NC(=O)C(Oc2cccc3ccc(C)nc23)C(=O)O)cc1. The highest BCUT2D eigenvalue weighted by Crippen LogP contribution is 2.25. The number of fused-ring (bicyclic) bond motifs is 1. The van der Waals surface area contributed by atoms with E-state index in [9.17, 15) is 19.5 Å². The van der Waals surface area contributed by atoms with E-state index in [1.807, 2.05) is 25.1 Å². The molecule has 1 atom stereocenters. The van der Waals surface area contributed by atoms with Crippen molar-refractivity contribution in [3.8, 4) is 5.75 Å². The first kappa shape index (κ1) is 33.6. The number of carbonyl (C=O) groups excluding carboxylic acids is 2. The van der Waals surface area contributed by atoms with Gasteiger partial charge in [0.25, 0.3) is 12.0 Å². The molecule has 3 N–H and O–H groups in total. The number of para-hydroxylation sites is 1.